The van der Waals surface area contributed by atoms with Crippen molar-refractivity contribution in [3.8, 4) is 22.5 Å². The first-order valence-electron chi connectivity index (χ1n) is 14.5. The Morgan fingerprint density at radius 3 is 2.44 bits per heavy atom. The molecule has 8 rings (SSSR count). The molecule has 0 spiro atoms. The van der Waals surface area contributed by atoms with E-state index in [1.807, 2.05) is 54.9 Å². The first kappa shape index (κ1) is 29.4. The Morgan fingerprint density at radius 1 is 0.791 bits per heavy atom. The minimum Gasteiger partial charge on any atom is -0.486 e. The Hall–Kier alpha value is -3.70. The zero-order valence-electron chi connectivity index (χ0n) is 24.7. The van der Waals surface area contributed by atoms with Crippen LogP contribution in [-0.4, -0.2) is 15.0 Å². The fourth-order valence-corrected chi connectivity index (χ4v) is 6.93. The SMILES string of the molecule is Cc1c[c-]c(-c2cc(C)c(C)cn2)cc1.Cc1ccc2c(n1)oc1c(-c3cc4sc5c(c4cn3)CCCC5)[c-]ccc12.[Ir]. The molecule has 0 aliphatic heterocycles. The number of aromatic nitrogens is 3. The van der Waals surface area contributed by atoms with E-state index in [1.54, 1.807) is 4.88 Å². The topological polar surface area (TPSA) is 51.8 Å². The van der Waals surface area contributed by atoms with E-state index < -0.39 is 0 Å². The molecule has 6 heteroatoms. The van der Waals surface area contributed by atoms with Gasteiger partial charge in [0.05, 0.1) is 5.58 Å². The smallest absolute Gasteiger partial charge is 0.216 e. The summed E-state index contributed by atoms with van der Waals surface area (Å²) in [5, 5.41) is 3.43. The third-order valence-electron chi connectivity index (χ3n) is 8.15. The number of hydrogen-bond acceptors (Lipinski definition) is 5. The second-order valence-electron chi connectivity index (χ2n) is 11.2. The van der Waals surface area contributed by atoms with Gasteiger partial charge in [0, 0.05) is 58.5 Å². The molecular formula is C37H31IrN3OS-2. The van der Waals surface area contributed by atoms with Gasteiger partial charge in [-0.2, -0.15) is 0 Å². The molecule has 0 unspecified atom stereocenters. The van der Waals surface area contributed by atoms with E-state index >= 15 is 0 Å². The summed E-state index contributed by atoms with van der Waals surface area (Å²) in [6.45, 7) is 8.22. The maximum Gasteiger partial charge on any atom is 0.216 e. The number of rotatable bonds is 2. The van der Waals surface area contributed by atoms with Gasteiger partial charge in [0.25, 0.3) is 0 Å². The molecule has 5 aromatic heterocycles. The maximum absolute atomic E-state index is 6.13. The molecule has 43 heavy (non-hydrogen) atoms. The van der Waals surface area contributed by atoms with Crippen molar-refractivity contribution >= 4 is 43.5 Å². The van der Waals surface area contributed by atoms with Crippen LogP contribution in [-0.2, 0) is 32.9 Å². The Balaban J connectivity index is 0.000000176. The van der Waals surface area contributed by atoms with Crippen LogP contribution in [0.1, 0.15) is 45.7 Å². The second kappa shape index (κ2) is 12.1. The maximum atomic E-state index is 6.13. The van der Waals surface area contributed by atoms with E-state index in [4.69, 9.17) is 9.40 Å². The van der Waals surface area contributed by atoms with Gasteiger partial charge in [-0.05, 0) is 81.1 Å². The molecule has 1 aliphatic rings. The van der Waals surface area contributed by atoms with Crippen LogP contribution in [0.4, 0.5) is 0 Å². The van der Waals surface area contributed by atoms with Crippen molar-refractivity contribution in [2.75, 3.05) is 0 Å². The van der Waals surface area contributed by atoms with Crippen LogP contribution in [0.15, 0.2) is 71.4 Å². The van der Waals surface area contributed by atoms with E-state index in [0.717, 1.165) is 44.6 Å². The van der Waals surface area contributed by atoms with Gasteiger partial charge >= 0.3 is 0 Å². The fourth-order valence-electron chi connectivity index (χ4n) is 5.63. The van der Waals surface area contributed by atoms with Crippen LogP contribution in [0, 0.1) is 39.8 Å². The van der Waals surface area contributed by atoms with Gasteiger partial charge in [-0.15, -0.1) is 64.9 Å². The first-order chi connectivity index (χ1) is 20.4. The molecule has 5 heterocycles. The summed E-state index contributed by atoms with van der Waals surface area (Å²) in [5.41, 5.74) is 11.6. The van der Waals surface area contributed by atoms with Crippen molar-refractivity contribution in [2.45, 2.75) is 53.4 Å². The van der Waals surface area contributed by atoms with Gasteiger partial charge in [-0.25, -0.2) is 4.98 Å². The van der Waals surface area contributed by atoms with Crippen molar-refractivity contribution in [2.24, 2.45) is 0 Å². The molecule has 1 aliphatic carbocycles. The standard InChI is InChI=1S/C23H17N2OS.C14H14N.Ir/c1-13-9-10-16-15-6-4-7-17(22(15)26-23(16)25-13)19-11-21-18(12-24-19)14-5-2-3-8-20(14)27-21;1-10-4-6-13(7-5-10)14-8-11(2)12(3)9-15-14;/h4,6,9-12H,2-3,5,8H2,1H3;4-6,8-9H,1-3H3;/q2*-1;. The Bertz CT molecular complexity index is 2090. The van der Waals surface area contributed by atoms with Crippen LogP contribution < -0.4 is 0 Å². The predicted molar refractivity (Wildman–Crippen MR) is 173 cm³/mol. The molecule has 0 saturated carbocycles. The molecule has 0 amide bonds. The zero-order valence-corrected chi connectivity index (χ0v) is 27.9. The molecule has 1 radical (unpaired) electrons. The Labute approximate surface area is 269 Å². The summed E-state index contributed by atoms with van der Waals surface area (Å²) >= 11 is 1.92. The van der Waals surface area contributed by atoms with Gasteiger partial charge in [-0.1, -0.05) is 35.6 Å². The number of thiophene rings is 1. The quantitative estimate of drug-likeness (QED) is 0.165. The normalized spacial score (nSPS) is 12.6. The number of benzene rings is 2. The number of pyridine rings is 3. The van der Waals surface area contributed by atoms with Crippen LogP contribution in [0.5, 0.6) is 0 Å². The number of hydrogen-bond donors (Lipinski definition) is 0. The fraction of sp³-hybridized carbons (Fsp3) is 0.216. The number of aryl methyl sites for hydroxylation is 6. The number of fused-ring (bicyclic) bond motifs is 6. The summed E-state index contributed by atoms with van der Waals surface area (Å²) < 4.78 is 7.45. The molecule has 0 fully saturated rings. The summed E-state index contributed by atoms with van der Waals surface area (Å²) in [4.78, 5) is 15.3. The molecule has 0 atom stereocenters. The minimum atomic E-state index is 0. The zero-order chi connectivity index (χ0) is 28.8. The van der Waals surface area contributed by atoms with Crippen molar-refractivity contribution in [3.05, 3.63) is 112 Å². The Morgan fingerprint density at radius 2 is 1.63 bits per heavy atom. The van der Waals surface area contributed by atoms with E-state index in [9.17, 15) is 0 Å². The summed E-state index contributed by atoms with van der Waals surface area (Å²) in [6, 6.07) is 25.1. The molecule has 0 bridgehead atoms. The molecule has 2 aromatic carbocycles. The molecule has 217 valence electrons. The molecular weight excluding hydrogens is 727 g/mol. The van der Waals surface area contributed by atoms with Crippen LogP contribution in [0.25, 0.3) is 54.7 Å². The average Bonchev–Trinajstić information content (AvgIpc) is 3.56. The summed E-state index contributed by atoms with van der Waals surface area (Å²) in [7, 11) is 0. The van der Waals surface area contributed by atoms with Gasteiger partial charge < -0.3 is 14.4 Å². The van der Waals surface area contributed by atoms with Gasteiger partial charge in [0.2, 0.25) is 5.71 Å². The van der Waals surface area contributed by atoms with E-state index in [1.165, 1.54) is 58.0 Å². The first-order valence-corrected chi connectivity index (χ1v) is 15.3. The van der Waals surface area contributed by atoms with Gasteiger partial charge in [-0.3, -0.25) is 0 Å². The van der Waals surface area contributed by atoms with Crippen molar-refractivity contribution in [1.82, 2.24) is 15.0 Å². The van der Waals surface area contributed by atoms with Crippen LogP contribution >= 0.6 is 11.3 Å². The largest absolute Gasteiger partial charge is 0.486 e. The average molecular weight is 758 g/mol. The van der Waals surface area contributed by atoms with Gasteiger partial charge in [0.15, 0.2) is 0 Å². The van der Waals surface area contributed by atoms with Crippen molar-refractivity contribution in [3.63, 3.8) is 0 Å². The second-order valence-corrected chi connectivity index (χ2v) is 12.3. The summed E-state index contributed by atoms with van der Waals surface area (Å²) in [5.74, 6) is 0. The van der Waals surface area contributed by atoms with Crippen LogP contribution in [0.2, 0.25) is 0 Å². The number of furan rings is 1. The molecule has 4 nitrogen and oxygen atoms in total. The van der Waals surface area contributed by atoms with E-state index in [0.29, 0.717) is 5.71 Å². The van der Waals surface area contributed by atoms with Crippen molar-refractivity contribution < 1.29 is 24.5 Å². The van der Waals surface area contributed by atoms with Crippen LogP contribution in [0.3, 0.4) is 0 Å². The number of nitrogens with zero attached hydrogens (tertiary/aromatic N) is 3. The predicted octanol–water partition coefficient (Wildman–Crippen LogP) is 9.72. The van der Waals surface area contributed by atoms with E-state index in [2.05, 4.69) is 73.2 Å². The Kier molecular flexibility index (Phi) is 8.28. The minimum absolute atomic E-state index is 0. The van der Waals surface area contributed by atoms with Gasteiger partial charge in [0.1, 0.15) is 0 Å². The molecule has 0 N–H and O–H groups in total. The van der Waals surface area contributed by atoms with Crippen molar-refractivity contribution in [1.29, 1.82) is 0 Å². The van der Waals surface area contributed by atoms with E-state index in [-0.39, 0.29) is 20.1 Å². The monoisotopic (exact) mass is 758 g/mol. The molecule has 0 saturated heterocycles. The third-order valence-corrected chi connectivity index (χ3v) is 9.41. The molecule has 7 aromatic rings. The summed E-state index contributed by atoms with van der Waals surface area (Å²) in [6.07, 6.45) is 8.95. The third kappa shape index (κ3) is 5.68.